The molecule has 1 heterocycles. The fraction of sp³-hybridized carbons (Fsp3) is 0.583. The van der Waals surface area contributed by atoms with Gasteiger partial charge in [0.05, 0.1) is 0 Å². The van der Waals surface area contributed by atoms with Crippen molar-refractivity contribution in [3.8, 4) is 0 Å². The van der Waals surface area contributed by atoms with Gasteiger partial charge < -0.3 is 0 Å². The monoisotopic (exact) mass is 177 g/mol. The van der Waals surface area contributed by atoms with E-state index in [4.69, 9.17) is 0 Å². The molecule has 0 fully saturated rings. The predicted molar refractivity (Wildman–Crippen MR) is 57.2 cm³/mol. The van der Waals surface area contributed by atoms with E-state index in [9.17, 15) is 0 Å². The molecule has 1 aromatic heterocycles. The Morgan fingerprint density at radius 1 is 0.923 bits per heavy atom. The zero-order valence-electron chi connectivity index (χ0n) is 9.36. The Morgan fingerprint density at radius 2 is 1.54 bits per heavy atom. The standard InChI is InChI=1S/C12H19N/c1-6-7-12-9(3)8(2)10(4)13-11(12)5/h6-7H2,1-5H3. The normalized spacial score (nSPS) is 10.5. The van der Waals surface area contributed by atoms with Crippen molar-refractivity contribution in [1.82, 2.24) is 4.98 Å². The van der Waals surface area contributed by atoms with Crippen LogP contribution < -0.4 is 0 Å². The van der Waals surface area contributed by atoms with Crippen molar-refractivity contribution in [3.05, 3.63) is 28.1 Å². The maximum atomic E-state index is 4.55. The fourth-order valence-electron chi connectivity index (χ4n) is 1.79. The highest BCUT2D eigenvalue weighted by molar-refractivity contribution is 5.38. The summed E-state index contributed by atoms with van der Waals surface area (Å²) < 4.78 is 0. The summed E-state index contributed by atoms with van der Waals surface area (Å²) in [7, 11) is 0. The molecular weight excluding hydrogens is 158 g/mol. The number of rotatable bonds is 2. The van der Waals surface area contributed by atoms with Crippen LogP contribution in [0.5, 0.6) is 0 Å². The SMILES string of the molecule is CCCc1c(C)nc(C)c(C)c1C. The maximum absolute atomic E-state index is 4.55. The van der Waals surface area contributed by atoms with Gasteiger partial charge in [-0.25, -0.2) is 0 Å². The molecule has 0 aliphatic heterocycles. The molecule has 0 saturated carbocycles. The summed E-state index contributed by atoms with van der Waals surface area (Å²) in [5, 5.41) is 0. The third-order valence-electron chi connectivity index (χ3n) is 2.83. The van der Waals surface area contributed by atoms with Crippen molar-refractivity contribution in [2.24, 2.45) is 0 Å². The topological polar surface area (TPSA) is 12.9 Å². The number of hydrogen-bond acceptors (Lipinski definition) is 1. The van der Waals surface area contributed by atoms with Gasteiger partial charge >= 0.3 is 0 Å². The van der Waals surface area contributed by atoms with E-state index in [1.807, 2.05) is 0 Å². The molecule has 72 valence electrons. The van der Waals surface area contributed by atoms with E-state index in [0.29, 0.717) is 0 Å². The van der Waals surface area contributed by atoms with Crippen LogP contribution in [-0.4, -0.2) is 4.98 Å². The lowest BCUT2D eigenvalue weighted by Crippen LogP contribution is -2.02. The molecule has 0 atom stereocenters. The average molecular weight is 177 g/mol. The summed E-state index contributed by atoms with van der Waals surface area (Å²) in [5.74, 6) is 0. The van der Waals surface area contributed by atoms with Crippen LogP contribution in [0.4, 0.5) is 0 Å². The summed E-state index contributed by atoms with van der Waals surface area (Å²) >= 11 is 0. The van der Waals surface area contributed by atoms with E-state index in [1.165, 1.54) is 34.5 Å². The van der Waals surface area contributed by atoms with E-state index in [2.05, 4.69) is 39.6 Å². The molecule has 0 N–H and O–H groups in total. The van der Waals surface area contributed by atoms with Gasteiger partial charge in [-0.05, 0) is 50.8 Å². The zero-order chi connectivity index (χ0) is 10.0. The van der Waals surface area contributed by atoms with E-state index in [0.717, 1.165) is 6.42 Å². The molecule has 1 heteroatoms. The number of nitrogens with zero attached hydrogens (tertiary/aromatic N) is 1. The maximum Gasteiger partial charge on any atom is 0.0410 e. The predicted octanol–water partition coefficient (Wildman–Crippen LogP) is 3.27. The first-order valence-corrected chi connectivity index (χ1v) is 5.01. The Balaban J connectivity index is 3.26. The van der Waals surface area contributed by atoms with Crippen LogP contribution in [0, 0.1) is 27.7 Å². The highest BCUT2D eigenvalue weighted by Gasteiger charge is 2.07. The quantitative estimate of drug-likeness (QED) is 0.675. The van der Waals surface area contributed by atoms with Crippen molar-refractivity contribution in [1.29, 1.82) is 0 Å². The second-order valence-electron chi connectivity index (χ2n) is 3.76. The van der Waals surface area contributed by atoms with Crippen LogP contribution >= 0.6 is 0 Å². The fourth-order valence-corrected chi connectivity index (χ4v) is 1.79. The minimum Gasteiger partial charge on any atom is -0.258 e. The molecule has 1 aromatic rings. The third kappa shape index (κ3) is 1.90. The summed E-state index contributed by atoms with van der Waals surface area (Å²) in [4.78, 5) is 4.55. The van der Waals surface area contributed by atoms with Crippen LogP contribution in [0.2, 0.25) is 0 Å². The molecular formula is C12H19N. The van der Waals surface area contributed by atoms with Crippen LogP contribution in [0.3, 0.4) is 0 Å². The lowest BCUT2D eigenvalue weighted by Gasteiger charge is -2.12. The van der Waals surface area contributed by atoms with Crippen molar-refractivity contribution in [2.75, 3.05) is 0 Å². The molecule has 0 saturated heterocycles. The van der Waals surface area contributed by atoms with Crippen molar-refractivity contribution in [3.63, 3.8) is 0 Å². The molecule has 0 spiro atoms. The Labute approximate surface area is 81.2 Å². The minimum absolute atomic E-state index is 1.16. The molecule has 0 aliphatic carbocycles. The second kappa shape index (κ2) is 3.91. The van der Waals surface area contributed by atoms with Gasteiger partial charge in [-0.3, -0.25) is 4.98 Å². The van der Waals surface area contributed by atoms with Crippen LogP contribution in [0.15, 0.2) is 0 Å². The second-order valence-corrected chi connectivity index (χ2v) is 3.76. The molecule has 0 radical (unpaired) electrons. The Bertz CT molecular complexity index is 313. The Hall–Kier alpha value is -0.850. The van der Waals surface area contributed by atoms with Gasteiger partial charge in [0.25, 0.3) is 0 Å². The molecule has 1 nitrogen and oxygen atoms in total. The largest absolute Gasteiger partial charge is 0.258 e. The lowest BCUT2D eigenvalue weighted by atomic mass is 9.98. The molecule has 0 amide bonds. The minimum atomic E-state index is 1.16. The van der Waals surface area contributed by atoms with E-state index < -0.39 is 0 Å². The Morgan fingerprint density at radius 3 is 2.08 bits per heavy atom. The van der Waals surface area contributed by atoms with Crippen molar-refractivity contribution in [2.45, 2.75) is 47.5 Å². The average Bonchev–Trinajstić information content (AvgIpc) is 2.09. The number of aryl methyl sites for hydroxylation is 2. The first-order chi connectivity index (χ1) is 6.07. The van der Waals surface area contributed by atoms with Crippen LogP contribution in [-0.2, 0) is 6.42 Å². The summed E-state index contributed by atoms with van der Waals surface area (Å²) in [6.07, 6.45) is 2.36. The third-order valence-corrected chi connectivity index (χ3v) is 2.83. The van der Waals surface area contributed by atoms with Gasteiger partial charge in [-0.1, -0.05) is 13.3 Å². The molecule has 0 aliphatic rings. The van der Waals surface area contributed by atoms with E-state index >= 15 is 0 Å². The first kappa shape index (κ1) is 10.2. The van der Waals surface area contributed by atoms with Crippen molar-refractivity contribution < 1.29 is 0 Å². The van der Waals surface area contributed by atoms with Gasteiger partial charge in [0.1, 0.15) is 0 Å². The summed E-state index contributed by atoms with van der Waals surface area (Å²) in [6, 6.07) is 0. The summed E-state index contributed by atoms with van der Waals surface area (Å²) in [6.45, 7) is 10.8. The van der Waals surface area contributed by atoms with E-state index in [1.54, 1.807) is 0 Å². The number of hydrogen-bond donors (Lipinski definition) is 0. The highest BCUT2D eigenvalue weighted by atomic mass is 14.7. The van der Waals surface area contributed by atoms with Gasteiger partial charge in [-0.15, -0.1) is 0 Å². The van der Waals surface area contributed by atoms with Crippen LogP contribution in [0.25, 0.3) is 0 Å². The number of pyridine rings is 1. The lowest BCUT2D eigenvalue weighted by molar-refractivity contribution is 0.875. The van der Waals surface area contributed by atoms with Crippen LogP contribution in [0.1, 0.15) is 41.4 Å². The van der Waals surface area contributed by atoms with E-state index in [-0.39, 0.29) is 0 Å². The molecule has 0 unspecified atom stereocenters. The molecule has 0 bridgehead atoms. The highest BCUT2D eigenvalue weighted by Crippen LogP contribution is 2.19. The first-order valence-electron chi connectivity index (χ1n) is 5.01. The van der Waals surface area contributed by atoms with Gasteiger partial charge in [-0.2, -0.15) is 0 Å². The molecule has 0 aromatic carbocycles. The van der Waals surface area contributed by atoms with Gasteiger partial charge in [0, 0.05) is 11.4 Å². The summed E-state index contributed by atoms with van der Waals surface area (Å²) in [5.41, 5.74) is 6.63. The molecule has 13 heavy (non-hydrogen) atoms. The van der Waals surface area contributed by atoms with Crippen molar-refractivity contribution >= 4 is 0 Å². The Kier molecular flexibility index (Phi) is 3.07. The van der Waals surface area contributed by atoms with Gasteiger partial charge in [0.2, 0.25) is 0 Å². The number of aromatic nitrogens is 1. The zero-order valence-corrected chi connectivity index (χ0v) is 9.36. The smallest absolute Gasteiger partial charge is 0.0410 e. The molecule has 1 rings (SSSR count). The van der Waals surface area contributed by atoms with Gasteiger partial charge in [0.15, 0.2) is 0 Å².